The summed E-state index contributed by atoms with van der Waals surface area (Å²) in [5, 5.41) is 14.9. The van der Waals surface area contributed by atoms with Gasteiger partial charge < -0.3 is 20.3 Å². The van der Waals surface area contributed by atoms with E-state index in [1.165, 1.54) is 6.20 Å². The fourth-order valence-electron chi connectivity index (χ4n) is 2.43. The first-order valence-corrected chi connectivity index (χ1v) is 9.70. The number of unbranched alkanes of at least 4 members (excludes halogenated alkanes) is 1. The van der Waals surface area contributed by atoms with Gasteiger partial charge in [0.05, 0.1) is 17.9 Å². The highest BCUT2D eigenvalue weighted by molar-refractivity contribution is 6.09. The molecule has 0 saturated carbocycles. The van der Waals surface area contributed by atoms with E-state index in [-0.39, 0.29) is 11.1 Å². The molecule has 1 rings (SSSR count). The quantitative estimate of drug-likeness (QED) is 0.248. The Morgan fingerprint density at radius 2 is 1.93 bits per heavy atom. The molecule has 1 aromatic carbocycles. The van der Waals surface area contributed by atoms with E-state index in [0.717, 1.165) is 32.5 Å². The van der Waals surface area contributed by atoms with Gasteiger partial charge in [-0.15, -0.1) is 0 Å². The zero-order valence-electron chi connectivity index (χ0n) is 17.0. The van der Waals surface area contributed by atoms with Crippen molar-refractivity contribution >= 4 is 17.6 Å². The standard InChI is InChI=1S/C21H30N4O3/c1-4-7-14-28-21(27)18-10-8-9-11-19(18)24-20(26)17(15-22)16-23-12-13-25(5-2)6-3/h8-11,16,23H,4-7,12-14H2,1-3H3,(H,24,26)/b17-16-. The number of nitrogens with one attached hydrogen (secondary N) is 2. The molecule has 0 heterocycles. The van der Waals surface area contributed by atoms with Crippen molar-refractivity contribution in [2.75, 3.05) is 38.1 Å². The molecule has 0 aromatic heterocycles. The molecule has 2 N–H and O–H groups in total. The molecule has 7 nitrogen and oxygen atoms in total. The van der Waals surface area contributed by atoms with Crippen LogP contribution in [-0.4, -0.2) is 49.6 Å². The fourth-order valence-corrected chi connectivity index (χ4v) is 2.43. The minimum Gasteiger partial charge on any atom is -0.462 e. The average molecular weight is 386 g/mol. The number of carbonyl (C=O) groups is 2. The van der Waals surface area contributed by atoms with E-state index in [4.69, 9.17) is 4.74 Å². The zero-order valence-corrected chi connectivity index (χ0v) is 17.0. The number of likely N-dealkylation sites (N-methyl/N-ethyl adjacent to an activating group) is 1. The monoisotopic (exact) mass is 386 g/mol. The summed E-state index contributed by atoms with van der Waals surface area (Å²) >= 11 is 0. The molecular formula is C21H30N4O3. The summed E-state index contributed by atoms with van der Waals surface area (Å²) in [6.07, 6.45) is 3.10. The Hall–Kier alpha value is -2.85. The van der Waals surface area contributed by atoms with Gasteiger partial charge in [-0.1, -0.05) is 39.3 Å². The second kappa shape index (κ2) is 13.3. The molecule has 0 bridgehead atoms. The fraction of sp³-hybridized carbons (Fsp3) is 0.476. The summed E-state index contributed by atoms with van der Waals surface area (Å²) < 4.78 is 5.21. The topological polar surface area (TPSA) is 94.5 Å². The van der Waals surface area contributed by atoms with Gasteiger partial charge in [0, 0.05) is 19.3 Å². The van der Waals surface area contributed by atoms with Crippen molar-refractivity contribution in [3.8, 4) is 6.07 Å². The molecule has 0 saturated heterocycles. The molecule has 28 heavy (non-hydrogen) atoms. The largest absolute Gasteiger partial charge is 0.462 e. The molecule has 0 fully saturated rings. The number of esters is 1. The van der Waals surface area contributed by atoms with Gasteiger partial charge in [0.25, 0.3) is 5.91 Å². The lowest BCUT2D eigenvalue weighted by Crippen LogP contribution is -2.30. The number of nitrogens with zero attached hydrogens (tertiary/aromatic N) is 2. The normalized spacial score (nSPS) is 11.0. The van der Waals surface area contributed by atoms with E-state index in [0.29, 0.717) is 18.8 Å². The van der Waals surface area contributed by atoms with Crippen molar-refractivity contribution in [2.24, 2.45) is 0 Å². The third-order valence-electron chi connectivity index (χ3n) is 4.20. The van der Waals surface area contributed by atoms with Crippen molar-refractivity contribution in [1.29, 1.82) is 5.26 Å². The lowest BCUT2D eigenvalue weighted by molar-refractivity contribution is -0.112. The summed E-state index contributed by atoms with van der Waals surface area (Å²) in [4.78, 5) is 26.9. The lowest BCUT2D eigenvalue weighted by atomic mass is 10.1. The number of para-hydroxylation sites is 1. The van der Waals surface area contributed by atoms with Crippen LogP contribution in [-0.2, 0) is 9.53 Å². The Morgan fingerprint density at radius 1 is 1.21 bits per heavy atom. The van der Waals surface area contributed by atoms with Crippen molar-refractivity contribution in [1.82, 2.24) is 10.2 Å². The second-order valence-electron chi connectivity index (χ2n) is 6.14. The molecule has 1 aromatic rings. The van der Waals surface area contributed by atoms with Crippen LogP contribution in [0.2, 0.25) is 0 Å². The van der Waals surface area contributed by atoms with Crippen LogP contribution in [0.4, 0.5) is 5.69 Å². The summed E-state index contributed by atoms with van der Waals surface area (Å²) in [7, 11) is 0. The highest BCUT2D eigenvalue weighted by Gasteiger charge is 2.16. The highest BCUT2D eigenvalue weighted by Crippen LogP contribution is 2.17. The first-order chi connectivity index (χ1) is 13.6. The van der Waals surface area contributed by atoms with Gasteiger partial charge in [0.2, 0.25) is 0 Å². The van der Waals surface area contributed by atoms with Gasteiger partial charge in [0.15, 0.2) is 0 Å². The minimum atomic E-state index is -0.577. The maximum Gasteiger partial charge on any atom is 0.340 e. The maximum atomic E-state index is 12.4. The summed E-state index contributed by atoms with van der Waals surface area (Å²) in [5.74, 6) is -1.07. The number of rotatable bonds is 12. The molecule has 0 unspecified atom stereocenters. The summed E-state index contributed by atoms with van der Waals surface area (Å²) in [5.41, 5.74) is 0.519. The molecule has 0 aliphatic carbocycles. The molecule has 152 valence electrons. The molecular weight excluding hydrogens is 356 g/mol. The average Bonchev–Trinajstić information content (AvgIpc) is 2.71. The van der Waals surface area contributed by atoms with E-state index >= 15 is 0 Å². The van der Waals surface area contributed by atoms with Crippen LogP contribution < -0.4 is 10.6 Å². The number of carbonyl (C=O) groups excluding carboxylic acids is 2. The third-order valence-corrected chi connectivity index (χ3v) is 4.20. The Bertz CT molecular complexity index is 706. The van der Waals surface area contributed by atoms with E-state index in [2.05, 4.69) is 29.4 Å². The molecule has 7 heteroatoms. The Kier molecular flexibility index (Phi) is 11.0. The molecule has 0 radical (unpaired) electrons. The molecule has 1 amide bonds. The second-order valence-corrected chi connectivity index (χ2v) is 6.14. The van der Waals surface area contributed by atoms with Gasteiger partial charge in [-0.05, 0) is 31.6 Å². The predicted molar refractivity (Wildman–Crippen MR) is 110 cm³/mol. The third kappa shape index (κ3) is 7.80. The SMILES string of the molecule is CCCCOC(=O)c1ccccc1NC(=O)/C(C#N)=C\NCCN(CC)CC. The van der Waals surface area contributed by atoms with Crippen LogP contribution >= 0.6 is 0 Å². The van der Waals surface area contributed by atoms with Crippen molar-refractivity contribution in [2.45, 2.75) is 33.6 Å². The lowest BCUT2D eigenvalue weighted by Gasteiger charge is -2.17. The van der Waals surface area contributed by atoms with Crippen LogP contribution in [0.1, 0.15) is 44.0 Å². The van der Waals surface area contributed by atoms with Crippen LogP contribution in [0.5, 0.6) is 0 Å². The zero-order chi connectivity index (χ0) is 20.8. The maximum absolute atomic E-state index is 12.4. The van der Waals surface area contributed by atoms with Crippen LogP contribution in [0.15, 0.2) is 36.0 Å². The number of nitriles is 1. The van der Waals surface area contributed by atoms with Gasteiger partial charge in [-0.3, -0.25) is 4.79 Å². The van der Waals surface area contributed by atoms with Crippen LogP contribution in [0.25, 0.3) is 0 Å². The van der Waals surface area contributed by atoms with Gasteiger partial charge >= 0.3 is 5.97 Å². The first-order valence-electron chi connectivity index (χ1n) is 9.70. The summed E-state index contributed by atoms with van der Waals surface area (Å²) in [6, 6.07) is 8.48. The smallest absolute Gasteiger partial charge is 0.340 e. The van der Waals surface area contributed by atoms with E-state index in [1.54, 1.807) is 24.3 Å². The highest BCUT2D eigenvalue weighted by atomic mass is 16.5. The van der Waals surface area contributed by atoms with Crippen molar-refractivity contribution in [3.05, 3.63) is 41.6 Å². The van der Waals surface area contributed by atoms with Gasteiger partial charge in [-0.2, -0.15) is 5.26 Å². The first kappa shape index (κ1) is 23.2. The number of hydrogen-bond acceptors (Lipinski definition) is 6. The number of ether oxygens (including phenoxy) is 1. The minimum absolute atomic E-state index is 0.0614. The van der Waals surface area contributed by atoms with Crippen LogP contribution in [0.3, 0.4) is 0 Å². The number of anilines is 1. The van der Waals surface area contributed by atoms with Crippen molar-refractivity contribution in [3.63, 3.8) is 0 Å². The predicted octanol–water partition coefficient (Wildman–Crippen LogP) is 2.92. The Labute approximate surface area is 167 Å². The Balaban J connectivity index is 2.73. The number of benzene rings is 1. The van der Waals surface area contributed by atoms with Gasteiger partial charge in [-0.25, -0.2) is 4.79 Å². The van der Waals surface area contributed by atoms with Gasteiger partial charge in [0.1, 0.15) is 11.6 Å². The molecule has 0 aliphatic heterocycles. The number of amides is 1. The van der Waals surface area contributed by atoms with E-state index in [9.17, 15) is 14.9 Å². The summed E-state index contributed by atoms with van der Waals surface area (Å²) in [6.45, 7) is 9.83. The van der Waals surface area contributed by atoms with E-state index < -0.39 is 11.9 Å². The van der Waals surface area contributed by atoms with E-state index in [1.807, 2.05) is 13.0 Å². The number of hydrogen-bond donors (Lipinski definition) is 2. The molecule has 0 atom stereocenters. The van der Waals surface area contributed by atoms with Crippen molar-refractivity contribution < 1.29 is 14.3 Å². The Morgan fingerprint density at radius 3 is 2.57 bits per heavy atom. The molecule has 0 spiro atoms. The van der Waals surface area contributed by atoms with Crippen LogP contribution in [0, 0.1) is 11.3 Å². The molecule has 0 aliphatic rings.